The lowest BCUT2D eigenvalue weighted by molar-refractivity contribution is -0.119. The molecule has 0 aliphatic heterocycles. The molecule has 0 fully saturated rings. The Bertz CT molecular complexity index is 310. The van der Waals surface area contributed by atoms with E-state index >= 15 is 0 Å². The Labute approximate surface area is 79.0 Å². The van der Waals surface area contributed by atoms with Gasteiger partial charge in [-0.2, -0.15) is 0 Å². The van der Waals surface area contributed by atoms with Crippen LogP contribution in [0.4, 0.5) is 0 Å². The SMILES string of the molecule is CC(NC(=O)c1nccs1)C(N)=O. The third-order valence-electron chi connectivity index (χ3n) is 1.40. The van der Waals surface area contributed by atoms with Crippen LogP contribution in [0.5, 0.6) is 0 Å². The molecule has 1 unspecified atom stereocenters. The van der Waals surface area contributed by atoms with Crippen LogP contribution in [-0.4, -0.2) is 22.8 Å². The van der Waals surface area contributed by atoms with Gasteiger partial charge >= 0.3 is 0 Å². The van der Waals surface area contributed by atoms with Gasteiger partial charge in [0.15, 0.2) is 5.01 Å². The Morgan fingerprint density at radius 1 is 1.69 bits per heavy atom. The number of carbonyl (C=O) groups is 2. The number of carbonyl (C=O) groups excluding carboxylic acids is 2. The molecule has 70 valence electrons. The molecule has 0 saturated heterocycles. The van der Waals surface area contributed by atoms with Crippen LogP contribution in [0, 0.1) is 0 Å². The number of hydrogen-bond donors (Lipinski definition) is 2. The van der Waals surface area contributed by atoms with Crippen LogP contribution in [0.2, 0.25) is 0 Å². The van der Waals surface area contributed by atoms with E-state index in [0.29, 0.717) is 5.01 Å². The summed E-state index contributed by atoms with van der Waals surface area (Å²) in [7, 11) is 0. The molecule has 1 aromatic heterocycles. The van der Waals surface area contributed by atoms with Gasteiger partial charge in [0.05, 0.1) is 0 Å². The molecule has 3 N–H and O–H groups in total. The number of hydrogen-bond acceptors (Lipinski definition) is 4. The number of thiazole rings is 1. The summed E-state index contributed by atoms with van der Waals surface area (Å²) in [5, 5.41) is 4.43. The van der Waals surface area contributed by atoms with E-state index in [1.54, 1.807) is 5.38 Å². The van der Waals surface area contributed by atoms with Gasteiger partial charge in [-0.25, -0.2) is 4.98 Å². The van der Waals surface area contributed by atoms with Crippen molar-refractivity contribution < 1.29 is 9.59 Å². The molecule has 0 saturated carbocycles. The molecule has 6 heteroatoms. The molecule has 13 heavy (non-hydrogen) atoms. The number of nitrogens with two attached hydrogens (primary N) is 1. The average Bonchev–Trinajstić information content (AvgIpc) is 2.55. The van der Waals surface area contributed by atoms with E-state index in [0.717, 1.165) is 0 Å². The van der Waals surface area contributed by atoms with Gasteiger partial charge in [-0.15, -0.1) is 11.3 Å². The van der Waals surface area contributed by atoms with Gasteiger partial charge < -0.3 is 11.1 Å². The van der Waals surface area contributed by atoms with Gasteiger partial charge in [0.25, 0.3) is 5.91 Å². The third kappa shape index (κ3) is 2.51. The van der Waals surface area contributed by atoms with Gasteiger partial charge in [-0.05, 0) is 6.92 Å². The van der Waals surface area contributed by atoms with E-state index in [2.05, 4.69) is 10.3 Å². The number of rotatable bonds is 3. The summed E-state index contributed by atoms with van der Waals surface area (Å²) < 4.78 is 0. The summed E-state index contributed by atoms with van der Waals surface area (Å²) in [6.45, 7) is 1.52. The summed E-state index contributed by atoms with van der Waals surface area (Å²) in [6.07, 6.45) is 1.52. The molecule has 2 amide bonds. The number of nitrogens with zero attached hydrogens (tertiary/aromatic N) is 1. The molecule has 5 nitrogen and oxygen atoms in total. The minimum Gasteiger partial charge on any atom is -0.368 e. The van der Waals surface area contributed by atoms with Crippen molar-refractivity contribution in [2.75, 3.05) is 0 Å². The van der Waals surface area contributed by atoms with E-state index in [9.17, 15) is 9.59 Å². The lowest BCUT2D eigenvalue weighted by Crippen LogP contribution is -2.42. The highest BCUT2D eigenvalue weighted by molar-refractivity contribution is 7.11. The molecular weight excluding hydrogens is 190 g/mol. The molecule has 1 aromatic rings. The predicted molar refractivity (Wildman–Crippen MR) is 48.2 cm³/mol. The van der Waals surface area contributed by atoms with Crippen LogP contribution >= 0.6 is 11.3 Å². The fourth-order valence-corrected chi connectivity index (χ4v) is 1.20. The van der Waals surface area contributed by atoms with Crippen molar-refractivity contribution in [3.05, 3.63) is 16.6 Å². The molecule has 0 aliphatic rings. The zero-order chi connectivity index (χ0) is 9.84. The predicted octanol–water partition coefficient (Wildman–Crippen LogP) is -0.253. The number of aromatic nitrogens is 1. The zero-order valence-corrected chi connectivity index (χ0v) is 7.80. The van der Waals surface area contributed by atoms with Gasteiger partial charge in [0.2, 0.25) is 5.91 Å². The van der Waals surface area contributed by atoms with Crippen LogP contribution in [0.1, 0.15) is 16.7 Å². The number of primary amides is 1. The first-order chi connectivity index (χ1) is 6.11. The third-order valence-corrected chi connectivity index (χ3v) is 2.17. The largest absolute Gasteiger partial charge is 0.368 e. The summed E-state index contributed by atoms with van der Waals surface area (Å²) in [4.78, 5) is 25.6. The van der Waals surface area contributed by atoms with Gasteiger partial charge in [-0.1, -0.05) is 0 Å². The molecule has 0 radical (unpaired) electrons. The van der Waals surface area contributed by atoms with Crippen LogP contribution in [0.15, 0.2) is 11.6 Å². The maximum atomic E-state index is 11.2. The minimum absolute atomic E-state index is 0.327. The molecule has 0 aromatic carbocycles. The van der Waals surface area contributed by atoms with E-state index in [4.69, 9.17) is 5.73 Å². The van der Waals surface area contributed by atoms with Gasteiger partial charge in [0.1, 0.15) is 6.04 Å². The fraction of sp³-hybridized carbons (Fsp3) is 0.286. The quantitative estimate of drug-likeness (QED) is 0.703. The zero-order valence-electron chi connectivity index (χ0n) is 6.98. The van der Waals surface area contributed by atoms with Crippen molar-refractivity contribution in [2.45, 2.75) is 13.0 Å². The van der Waals surface area contributed by atoms with Crippen molar-refractivity contribution in [1.82, 2.24) is 10.3 Å². The Morgan fingerprint density at radius 3 is 2.85 bits per heavy atom. The summed E-state index contributed by atoms with van der Waals surface area (Å²) in [5.41, 5.74) is 4.97. The highest BCUT2D eigenvalue weighted by Gasteiger charge is 2.14. The monoisotopic (exact) mass is 199 g/mol. The first-order valence-electron chi connectivity index (χ1n) is 3.61. The summed E-state index contributed by atoms with van der Waals surface area (Å²) >= 11 is 1.21. The first kappa shape index (κ1) is 9.66. The van der Waals surface area contributed by atoms with Gasteiger partial charge in [0, 0.05) is 11.6 Å². The molecule has 1 atom stereocenters. The summed E-state index contributed by atoms with van der Waals surface area (Å²) in [6, 6.07) is -0.670. The standard InChI is InChI=1S/C7H9N3O2S/c1-4(5(8)11)10-6(12)7-9-2-3-13-7/h2-4H,1H3,(H2,8,11)(H,10,12). The first-order valence-corrected chi connectivity index (χ1v) is 4.49. The molecule has 1 rings (SSSR count). The lowest BCUT2D eigenvalue weighted by Gasteiger charge is -2.07. The van der Waals surface area contributed by atoms with Crippen molar-refractivity contribution in [3.63, 3.8) is 0 Å². The Morgan fingerprint density at radius 2 is 2.38 bits per heavy atom. The van der Waals surface area contributed by atoms with E-state index in [-0.39, 0.29) is 5.91 Å². The van der Waals surface area contributed by atoms with Crippen LogP contribution in [0.3, 0.4) is 0 Å². The Kier molecular flexibility index (Phi) is 2.97. The van der Waals surface area contributed by atoms with E-state index < -0.39 is 11.9 Å². The highest BCUT2D eigenvalue weighted by Crippen LogP contribution is 2.03. The molecule has 0 bridgehead atoms. The Balaban J connectivity index is 2.56. The van der Waals surface area contributed by atoms with Crippen LogP contribution in [-0.2, 0) is 4.79 Å². The lowest BCUT2D eigenvalue weighted by atomic mass is 10.3. The van der Waals surface area contributed by atoms with E-state index in [1.807, 2.05) is 0 Å². The van der Waals surface area contributed by atoms with Crippen molar-refractivity contribution in [2.24, 2.45) is 5.73 Å². The normalized spacial score (nSPS) is 12.1. The van der Waals surface area contributed by atoms with Gasteiger partial charge in [-0.3, -0.25) is 9.59 Å². The average molecular weight is 199 g/mol. The Hall–Kier alpha value is -1.43. The second kappa shape index (κ2) is 3.99. The second-order valence-corrected chi connectivity index (χ2v) is 3.33. The maximum Gasteiger partial charge on any atom is 0.280 e. The second-order valence-electron chi connectivity index (χ2n) is 2.43. The summed E-state index contributed by atoms with van der Waals surface area (Å²) in [5.74, 6) is -0.939. The highest BCUT2D eigenvalue weighted by atomic mass is 32.1. The minimum atomic E-state index is -0.670. The van der Waals surface area contributed by atoms with Crippen molar-refractivity contribution >= 4 is 23.2 Å². The number of nitrogens with one attached hydrogen (secondary N) is 1. The van der Waals surface area contributed by atoms with Crippen LogP contribution in [0.25, 0.3) is 0 Å². The molecule has 0 spiro atoms. The topological polar surface area (TPSA) is 85.1 Å². The molecule has 1 heterocycles. The molecule has 0 aliphatic carbocycles. The smallest absolute Gasteiger partial charge is 0.280 e. The fourth-order valence-electron chi connectivity index (χ4n) is 0.665. The molecular formula is C7H9N3O2S. The van der Waals surface area contributed by atoms with E-state index in [1.165, 1.54) is 24.5 Å². The van der Waals surface area contributed by atoms with Crippen molar-refractivity contribution in [1.29, 1.82) is 0 Å². The van der Waals surface area contributed by atoms with Crippen molar-refractivity contribution in [3.8, 4) is 0 Å². The van der Waals surface area contributed by atoms with Crippen LogP contribution < -0.4 is 11.1 Å². The maximum absolute atomic E-state index is 11.2. The number of amides is 2.